The predicted molar refractivity (Wildman–Crippen MR) is 96.6 cm³/mol. The summed E-state index contributed by atoms with van der Waals surface area (Å²) >= 11 is 3.51. The van der Waals surface area contributed by atoms with Gasteiger partial charge in [0.15, 0.2) is 0 Å². The first-order valence-corrected chi connectivity index (χ1v) is 9.18. The van der Waals surface area contributed by atoms with Crippen molar-refractivity contribution in [2.45, 2.75) is 44.1 Å². The van der Waals surface area contributed by atoms with Crippen molar-refractivity contribution in [1.29, 1.82) is 0 Å². The number of aliphatic hydroxyl groups is 1. The third-order valence-corrected chi connectivity index (χ3v) is 5.24. The molecular formula is C19H22BrNO3. The summed E-state index contributed by atoms with van der Waals surface area (Å²) in [6.45, 7) is 0.353. The van der Waals surface area contributed by atoms with Crippen LogP contribution in [0.5, 0.6) is 0 Å². The van der Waals surface area contributed by atoms with Crippen molar-refractivity contribution >= 4 is 21.8 Å². The van der Waals surface area contributed by atoms with Gasteiger partial charge in [0, 0.05) is 29.4 Å². The molecule has 0 bridgehead atoms. The molecule has 3 rings (SSSR count). The van der Waals surface area contributed by atoms with Gasteiger partial charge in [-0.2, -0.15) is 0 Å². The third kappa shape index (κ3) is 4.28. The number of amides is 1. The molecule has 1 aliphatic carbocycles. The molecule has 1 amide bonds. The van der Waals surface area contributed by atoms with Gasteiger partial charge >= 0.3 is 0 Å². The molecule has 1 aromatic heterocycles. The van der Waals surface area contributed by atoms with Gasteiger partial charge in [-0.1, -0.05) is 47.0 Å². The Bertz CT molecular complexity index is 704. The Morgan fingerprint density at radius 2 is 1.96 bits per heavy atom. The van der Waals surface area contributed by atoms with Crippen LogP contribution >= 0.6 is 15.9 Å². The van der Waals surface area contributed by atoms with Crippen molar-refractivity contribution < 1.29 is 14.3 Å². The molecule has 2 aromatic rings. The van der Waals surface area contributed by atoms with Crippen LogP contribution in [0.25, 0.3) is 11.3 Å². The van der Waals surface area contributed by atoms with E-state index in [0.717, 1.165) is 47.2 Å². The number of benzene rings is 1. The average Bonchev–Trinajstić information content (AvgIpc) is 3.21. The zero-order chi connectivity index (χ0) is 17.0. The first kappa shape index (κ1) is 17.2. The van der Waals surface area contributed by atoms with E-state index in [0.29, 0.717) is 19.4 Å². The summed E-state index contributed by atoms with van der Waals surface area (Å²) in [4.78, 5) is 12.0. The molecule has 4 nitrogen and oxygen atoms in total. The normalized spacial score (nSPS) is 16.2. The summed E-state index contributed by atoms with van der Waals surface area (Å²) in [7, 11) is 0. The third-order valence-electron chi connectivity index (χ3n) is 4.55. The van der Waals surface area contributed by atoms with E-state index in [1.54, 1.807) is 0 Å². The number of hydrogen-bond acceptors (Lipinski definition) is 3. The van der Waals surface area contributed by atoms with E-state index < -0.39 is 5.60 Å². The highest BCUT2D eigenvalue weighted by atomic mass is 79.9. The lowest BCUT2D eigenvalue weighted by atomic mass is 10.0. The average molecular weight is 392 g/mol. The minimum Gasteiger partial charge on any atom is -0.461 e. The van der Waals surface area contributed by atoms with E-state index in [1.807, 2.05) is 36.4 Å². The van der Waals surface area contributed by atoms with E-state index in [-0.39, 0.29) is 5.91 Å². The maximum Gasteiger partial charge on any atom is 0.220 e. The van der Waals surface area contributed by atoms with Crippen LogP contribution in [-0.2, 0) is 11.2 Å². The van der Waals surface area contributed by atoms with Gasteiger partial charge < -0.3 is 14.8 Å². The zero-order valence-corrected chi connectivity index (χ0v) is 15.1. The molecule has 0 saturated heterocycles. The maximum atomic E-state index is 12.0. The van der Waals surface area contributed by atoms with Crippen LogP contribution in [0.3, 0.4) is 0 Å². The molecule has 1 aromatic carbocycles. The summed E-state index contributed by atoms with van der Waals surface area (Å²) in [6.07, 6.45) is 4.54. The Kier molecular flexibility index (Phi) is 5.41. The van der Waals surface area contributed by atoms with Gasteiger partial charge in [0.05, 0.1) is 5.60 Å². The second-order valence-corrected chi connectivity index (χ2v) is 7.31. The minimum absolute atomic E-state index is 0.0471. The van der Waals surface area contributed by atoms with Crippen LogP contribution in [-0.4, -0.2) is 23.2 Å². The highest BCUT2D eigenvalue weighted by molar-refractivity contribution is 9.10. The molecule has 128 valence electrons. The molecule has 2 N–H and O–H groups in total. The predicted octanol–water partition coefficient (Wildman–Crippen LogP) is 4.06. The molecule has 1 fully saturated rings. The highest BCUT2D eigenvalue weighted by Crippen LogP contribution is 2.30. The van der Waals surface area contributed by atoms with Crippen molar-refractivity contribution in [3.8, 4) is 11.3 Å². The molecule has 0 aliphatic heterocycles. The van der Waals surface area contributed by atoms with Gasteiger partial charge in [0.25, 0.3) is 0 Å². The number of aryl methyl sites for hydroxylation is 1. The number of nitrogens with one attached hydrogen (secondary N) is 1. The lowest BCUT2D eigenvalue weighted by Crippen LogP contribution is -2.40. The van der Waals surface area contributed by atoms with Crippen LogP contribution in [0.4, 0.5) is 0 Å². The molecule has 24 heavy (non-hydrogen) atoms. The Morgan fingerprint density at radius 1 is 1.21 bits per heavy atom. The monoisotopic (exact) mass is 391 g/mol. The fraction of sp³-hybridized carbons (Fsp3) is 0.421. The summed E-state index contributed by atoms with van der Waals surface area (Å²) in [6, 6.07) is 11.7. The van der Waals surface area contributed by atoms with E-state index in [9.17, 15) is 9.90 Å². The minimum atomic E-state index is -0.701. The van der Waals surface area contributed by atoms with Gasteiger partial charge in [0.2, 0.25) is 5.91 Å². The fourth-order valence-corrected chi connectivity index (χ4v) is 3.60. The van der Waals surface area contributed by atoms with Crippen LogP contribution in [0, 0.1) is 0 Å². The van der Waals surface area contributed by atoms with Crippen molar-refractivity contribution in [3.05, 3.63) is 46.6 Å². The van der Waals surface area contributed by atoms with Crippen LogP contribution in [0.2, 0.25) is 0 Å². The number of rotatable bonds is 6. The molecule has 1 saturated carbocycles. The summed E-state index contributed by atoms with van der Waals surface area (Å²) in [5.74, 6) is 1.53. The summed E-state index contributed by atoms with van der Waals surface area (Å²) in [5.41, 5.74) is 0.296. The number of carbonyl (C=O) groups excluding carboxylic acids is 1. The number of carbonyl (C=O) groups is 1. The molecule has 0 unspecified atom stereocenters. The van der Waals surface area contributed by atoms with E-state index in [2.05, 4.69) is 21.2 Å². The van der Waals surface area contributed by atoms with E-state index >= 15 is 0 Å². The molecule has 5 heteroatoms. The Labute approximate surface area is 150 Å². The summed E-state index contributed by atoms with van der Waals surface area (Å²) < 4.78 is 6.82. The molecule has 0 spiro atoms. The Hall–Kier alpha value is -1.59. The fourth-order valence-electron chi connectivity index (χ4n) is 3.12. The quantitative estimate of drug-likeness (QED) is 0.779. The SMILES string of the molecule is O=C(CCc1ccc(-c2ccccc2Br)o1)NCC1(O)CCCC1. The molecule has 0 atom stereocenters. The second-order valence-electron chi connectivity index (χ2n) is 6.45. The Morgan fingerprint density at radius 3 is 2.71 bits per heavy atom. The van der Waals surface area contributed by atoms with Crippen molar-refractivity contribution in [1.82, 2.24) is 5.32 Å². The lowest BCUT2D eigenvalue weighted by molar-refractivity contribution is -0.122. The molecule has 1 aliphatic rings. The van der Waals surface area contributed by atoms with Crippen molar-refractivity contribution in [2.75, 3.05) is 6.54 Å². The first-order chi connectivity index (χ1) is 11.6. The van der Waals surface area contributed by atoms with Gasteiger partial charge in [-0.05, 0) is 31.0 Å². The van der Waals surface area contributed by atoms with Crippen LogP contribution < -0.4 is 5.32 Å². The topological polar surface area (TPSA) is 62.5 Å². The van der Waals surface area contributed by atoms with Crippen molar-refractivity contribution in [2.24, 2.45) is 0 Å². The molecular weight excluding hydrogens is 370 g/mol. The van der Waals surface area contributed by atoms with Crippen LogP contribution in [0.15, 0.2) is 45.3 Å². The number of halogens is 1. The number of hydrogen-bond donors (Lipinski definition) is 2. The largest absolute Gasteiger partial charge is 0.461 e. The summed E-state index contributed by atoms with van der Waals surface area (Å²) in [5, 5.41) is 13.1. The second kappa shape index (κ2) is 7.53. The first-order valence-electron chi connectivity index (χ1n) is 8.38. The lowest BCUT2D eigenvalue weighted by Gasteiger charge is -2.22. The molecule has 0 radical (unpaired) electrons. The van der Waals surface area contributed by atoms with Gasteiger partial charge in [-0.15, -0.1) is 0 Å². The van der Waals surface area contributed by atoms with E-state index in [1.165, 1.54) is 0 Å². The van der Waals surface area contributed by atoms with Crippen LogP contribution in [0.1, 0.15) is 37.9 Å². The smallest absolute Gasteiger partial charge is 0.220 e. The maximum absolute atomic E-state index is 12.0. The highest BCUT2D eigenvalue weighted by Gasteiger charge is 2.31. The van der Waals surface area contributed by atoms with E-state index in [4.69, 9.17) is 4.42 Å². The van der Waals surface area contributed by atoms with Gasteiger partial charge in [0.1, 0.15) is 11.5 Å². The molecule has 1 heterocycles. The standard InChI is InChI=1S/C19H22BrNO3/c20-16-6-2-1-5-15(16)17-9-7-14(24-17)8-10-18(22)21-13-19(23)11-3-4-12-19/h1-2,5-7,9,23H,3-4,8,10-13H2,(H,21,22). The van der Waals surface area contributed by atoms with Gasteiger partial charge in [-0.25, -0.2) is 0 Å². The Balaban J connectivity index is 1.50. The van der Waals surface area contributed by atoms with Crippen molar-refractivity contribution in [3.63, 3.8) is 0 Å². The van der Waals surface area contributed by atoms with Gasteiger partial charge in [-0.3, -0.25) is 4.79 Å². The number of furan rings is 1. The zero-order valence-electron chi connectivity index (χ0n) is 13.6.